The van der Waals surface area contributed by atoms with Gasteiger partial charge in [0, 0.05) is 16.6 Å². The molecule has 3 rings (SSSR count). The van der Waals surface area contributed by atoms with Crippen LogP contribution >= 0.6 is 15.9 Å². The van der Waals surface area contributed by atoms with Crippen LogP contribution in [-0.4, -0.2) is 17.5 Å². The number of benzene rings is 2. The maximum Gasteiger partial charge on any atom is 0.339 e. The van der Waals surface area contributed by atoms with E-state index in [1.54, 1.807) is 19.1 Å². The molecule has 0 spiro atoms. The molecule has 0 aliphatic carbocycles. The Hall–Kier alpha value is -2.14. The van der Waals surface area contributed by atoms with Crippen LogP contribution in [0.2, 0.25) is 0 Å². The summed E-state index contributed by atoms with van der Waals surface area (Å²) in [5.74, 6) is -0.785. The molecule has 1 atom stereocenters. The summed E-state index contributed by atoms with van der Waals surface area (Å²) in [6.45, 7) is 3.68. The molecule has 2 aromatic carbocycles. The number of halogens is 1. The minimum atomic E-state index is -1.23. The zero-order valence-electron chi connectivity index (χ0n) is 13.6. The molecule has 0 aromatic heterocycles. The quantitative estimate of drug-likeness (QED) is 0.805. The minimum Gasteiger partial charge on any atom is -0.445 e. The lowest BCUT2D eigenvalue weighted by Crippen LogP contribution is -2.49. The number of hydrogen-bond acceptors (Lipinski definition) is 3. The largest absolute Gasteiger partial charge is 0.445 e. The first-order valence-corrected chi connectivity index (χ1v) is 8.63. The first-order chi connectivity index (χ1) is 11.4. The van der Waals surface area contributed by atoms with E-state index in [2.05, 4.69) is 21.2 Å². The van der Waals surface area contributed by atoms with Crippen molar-refractivity contribution in [3.63, 3.8) is 0 Å². The highest BCUT2D eigenvalue weighted by molar-refractivity contribution is 9.10. The fraction of sp³-hybridized carbons (Fsp3) is 0.263. The summed E-state index contributed by atoms with van der Waals surface area (Å²) in [6, 6.07) is 13.0. The van der Waals surface area contributed by atoms with Crippen molar-refractivity contribution < 1.29 is 14.3 Å². The van der Waals surface area contributed by atoms with E-state index in [4.69, 9.17) is 4.74 Å². The van der Waals surface area contributed by atoms with Crippen LogP contribution in [0.25, 0.3) is 0 Å². The summed E-state index contributed by atoms with van der Waals surface area (Å²) in [5.41, 5.74) is 1.88. The number of hydrogen-bond donors (Lipinski definition) is 1. The molecule has 0 fully saturated rings. The molecule has 1 N–H and O–H groups in total. The third-order valence-corrected chi connectivity index (χ3v) is 4.75. The Morgan fingerprint density at radius 1 is 1.29 bits per heavy atom. The lowest BCUT2D eigenvalue weighted by atomic mass is 9.89. The van der Waals surface area contributed by atoms with Crippen molar-refractivity contribution in [3.8, 4) is 0 Å². The van der Waals surface area contributed by atoms with Crippen molar-refractivity contribution in [1.29, 1.82) is 0 Å². The number of carbonyl (C=O) groups excluding carboxylic acids is 2. The molecule has 0 bridgehead atoms. The highest BCUT2D eigenvalue weighted by Gasteiger charge is 2.42. The second-order valence-electron chi connectivity index (χ2n) is 6.06. The fourth-order valence-electron chi connectivity index (χ4n) is 2.90. The summed E-state index contributed by atoms with van der Waals surface area (Å²) in [5, 5.41) is 2.91. The molecule has 1 amide bonds. The number of fused-ring (bicyclic) bond motifs is 1. The zero-order valence-corrected chi connectivity index (χ0v) is 15.1. The SMILES string of the molecule is CCc1ccccc1NC(=O)C1(C)Cc2cc(Br)ccc2C(=O)O1. The minimum absolute atomic E-state index is 0.317. The van der Waals surface area contributed by atoms with Crippen LogP contribution in [0, 0.1) is 0 Å². The number of para-hydroxylation sites is 1. The Kier molecular flexibility index (Phi) is 4.45. The smallest absolute Gasteiger partial charge is 0.339 e. The molecule has 1 aliphatic heterocycles. The molecule has 4 nitrogen and oxygen atoms in total. The van der Waals surface area contributed by atoms with Crippen LogP contribution in [-0.2, 0) is 22.4 Å². The standard InChI is InChI=1S/C19H18BrNO3/c1-3-12-6-4-5-7-16(12)21-18(23)19(2)11-13-10-14(20)8-9-15(13)17(22)24-19/h4-10H,3,11H2,1-2H3,(H,21,23). The first kappa shape index (κ1) is 16.7. The number of cyclic esters (lactones) is 1. The molecule has 124 valence electrons. The van der Waals surface area contributed by atoms with Gasteiger partial charge < -0.3 is 10.1 Å². The van der Waals surface area contributed by atoms with E-state index in [-0.39, 0.29) is 5.91 Å². The Balaban J connectivity index is 1.88. The van der Waals surface area contributed by atoms with E-state index in [1.165, 1.54) is 0 Å². The molecular weight excluding hydrogens is 370 g/mol. The van der Waals surface area contributed by atoms with E-state index in [0.717, 1.165) is 27.7 Å². The average molecular weight is 388 g/mol. The molecule has 0 saturated heterocycles. The number of nitrogens with one attached hydrogen (secondary N) is 1. The van der Waals surface area contributed by atoms with Crippen LogP contribution < -0.4 is 5.32 Å². The van der Waals surface area contributed by atoms with Gasteiger partial charge in [-0.05, 0) is 48.7 Å². The van der Waals surface area contributed by atoms with Gasteiger partial charge in [-0.3, -0.25) is 4.79 Å². The number of anilines is 1. The van der Waals surface area contributed by atoms with Crippen LogP contribution in [0.3, 0.4) is 0 Å². The predicted octanol–water partition coefficient (Wildman–Crippen LogP) is 4.12. The van der Waals surface area contributed by atoms with Gasteiger partial charge in [0.15, 0.2) is 5.60 Å². The number of carbonyl (C=O) groups is 2. The van der Waals surface area contributed by atoms with E-state index in [1.807, 2.05) is 37.3 Å². The van der Waals surface area contributed by atoms with Gasteiger partial charge in [0.1, 0.15) is 0 Å². The Morgan fingerprint density at radius 2 is 2.04 bits per heavy atom. The molecule has 0 saturated carbocycles. The van der Waals surface area contributed by atoms with Crippen molar-refractivity contribution in [2.45, 2.75) is 32.3 Å². The van der Waals surface area contributed by atoms with Gasteiger partial charge in [-0.15, -0.1) is 0 Å². The number of esters is 1. The Morgan fingerprint density at radius 3 is 2.79 bits per heavy atom. The number of aryl methyl sites for hydroxylation is 1. The van der Waals surface area contributed by atoms with Gasteiger partial charge in [0.2, 0.25) is 0 Å². The zero-order chi connectivity index (χ0) is 17.3. The van der Waals surface area contributed by atoms with Gasteiger partial charge in [-0.1, -0.05) is 41.1 Å². The Labute approximate surface area is 149 Å². The molecule has 1 heterocycles. The highest BCUT2D eigenvalue weighted by atomic mass is 79.9. The van der Waals surface area contributed by atoms with Crippen molar-refractivity contribution in [1.82, 2.24) is 0 Å². The summed E-state index contributed by atoms with van der Waals surface area (Å²) < 4.78 is 6.35. The van der Waals surface area contributed by atoms with Crippen LogP contribution in [0.4, 0.5) is 5.69 Å². The third-order valence-electron chi connectivity index (χ3n) is 4.26. The predicted molar refractivity (Wildman–Crippen MR) is 96.1 cm³/mol. The summed E-state index contributed by atoms with van der Waals surface area (Å²) in [6.07, 6.45) is 1.15. The molecular formula is C19H18BrNO3. The first-order valence-electron chi connectivity index (χ1n) is 7.84. The molecule has 24 heavy (non-hydrogen) atoms. The van der Waals surface area contributed by atoms with Crippen molar-refractivity contribution in [2.75, 3.05) is 5.32 Å². The van der Waals surface area contributed by atoms with Crippen molar-refractivity contribution in [2.24, 2.45) is 0 Å². The molecule has 1 unspecified atom stereocenters. The average Bonchev–Trinajstić information content (AvgIpc) is 2.54. The van der Waals surface area contributed by atoms with Crippen LogP contribution in [0.5, 0.6) is 0 Å². The second kappa shape index (κ2) is 6.40. The lowest BCUT2D eigenvalue weighted by molar-refractivity contribution is -0.134. The van der Waals surface area contributed by atoms with Gasteiger partial charge in [-0.2, -0.15) is 0 Å². The highest BCUT2D eigenvalue weighted by Crippen LogP contribution is 2.31. The third kappa shape index (κ3) is 3.08. The van der Waals surface area contributed by atoms with Gasteiger partial charge in [0.25, 0.3) is 5.91 Å². The maximum absolute atomic E-state index is 12.8. The normalized spacial score (nSPS) is 19.4. The molecule has 0 radical (unpaired) electrons. The lowest BCUT2D eigenvalue weighted by Gasteiger charge is -2.33. The second-order valence-corrected chi connectivity index (χ2v) is 6.98. The van der Waals surface area contributed by atoms with E-state index in [9.17, 15) is 9.59 Å². The fourth-order valence-corrected chi connectivity index (χ4v) is 3.31. The van der Waals surface area contributed by atoms with Crippen molar-refractivity contribution in [3.05, 3.63) is 63.6 Å². The van der Waals surface area contributed by atoms with Gasteiger partial charge >= 0.3 is 5.97 Å². The summed E-state index contributed by atoms with van der Waals surface area (Å²) in [4.78, 5) is 25.1. The van der Waals surface area contributed by atoms with Crippen LogP contribution in [0.15, 0.2) is 46.9 Å². The van der Waals surface area contributed by atoms with E-state index >= 15 is 0 Å². The van der Waals surface area contributed by atoms with Gasteiger partial charge in [-0.25, -0.2) is 4.79 Å². The summed E-state index contributed by atoms with van der Waals surface area (Å²) >= 11 is 3.40. The topological polar surface area (TPSA) is 55.4 Å². The van der Waals surface area contributed by atoms with Gasteiger partial charge in [0.05, 0.1) is 5.56 Å². The Bertz CT molecular complexity index is 818. The summed E-state index contributed by atoms with van der Waals surface area (Å²) in [7, 11) is 0. The van der Waals surface area contributed by atoms with Crippen molar-refractivity contribution >= 4 is 33.5 Å². The molecule has 1 aliphatic rings. The number of rotatable bonds is 3. The maximum atomic E-state index is 12.8. The van der Waals surface area contributed by atoms with Crippen LogP contribution in [0.1, 0.15) is 35.3 Å². The number of ether oxygens (including phenoxy) is 1. The monoisotopic (exact) mass is 387 g/mol. The molecule has 5 heteroatoms. The molecule has 2 aromatic rings. The van der Waals surface area contributed by atoms with E-state index in [0.29, 0.717) is 12.0 Å². The van der Waals surface area contributed by atoms with E-state index < -0.39 is 11.6 Å². The number of amides is 1.